The molecule has 1 aliphatic rings. The summed E-state index contributed by atoms with van der Waals surface area (Å²) in [5.41, 5.74) is 7.66. The highest BCUT2D eigenvalue weighted by Gasteiger charge is 2.24. The van der Waals surface area contributed by atoms with Gasteiger partial charge in [0, 0.05) is 30.4 Å². The predicted molar refractivity (Wildman–Crippen MR) is 83.6 cm³/mol. The summed E-state index contributed by atoms with van der Waals surface area (Å²) in [5, 5.41) is 0. The normalized spacial score (nSPS) is 24.4. The molecule has 2 nitrogen and oxygen atoms in total. The van der Waals surface area contributed by atoms with Crippen molar-refractivity contribution in [1.82, 2.24) is 0 Å². The lowest BCUT2D eigenvalue weighted by Gasteiger charge is -2.36. The molecule has 0 amide bonds. The first-order valence-corrected chi connectivity index (χ1v) is 7.74. The molecular formula is C17H27FN2. The standard InChI is InChI=1S/C17H27FN2/c1-12-7-9-14(10-8-12)20(3)17-6-4-5-16(18)15(17)11-13(2)19/h4-6,12-14H,7-11,19H2,1-3H3. The van der Waals surface area contributed by atoms with Gasteiger partial charge in [-0.25, -0.2) is 4.39 Å². The van der Waals surface area contributed by atoms with Crippen LogP contribution in [0.25, 0.3) is 0 Å². The van der Waals surface area contributed by atoms with Crippen molar-refractivity contribution in [3.63, 3.8) is 0 Å². The van der Waals surface area contributed by atoms with E-state index in [9.17, 15) is 4.39 Å². The van der Waals surface area contributed by atoms with E-state index in [-0.39, 0.29) is 11.9 Å². The van der Waals surface area contributed by atoms with Crippen LogP contribution in [-0.4, -0.2) is 19.1 Å². The number of nitrogens with zero attached hydrogens (tertiary/aromatic N) is 1. The average Bonchev–Trinajstić information content (AvgIpc) is 2.41. The van der Waals surface area contributed by atoms with Crippen LogP contribution < -0.4 is 10.6 Å². The highest BCUT2D eigenvalue weighted by Crippen LogP contribution is 2.32. The Morgan fingerprint density at radius 3 is 2.55 bits per heavy atom. The summed E-state index contributed by atoms with van der Waals surface area (Å²) in [6.07, 6.45) is 5.53. The number of hydrogen-bond acceptors (Lipinski definition) is 2. The Morgan fingerprint density at radius 1 is 1.30 bits per heavy atom. The minimum absolute atomic E-state index is 0.0228. The molecule has 0 aromatic heterocycles. The fourth-order valence-corrected chi connectivity index (χ4v) is 3.23. The summed E-state index contributed by atoms with van der Waals surface area (Å²) < 4.78 is 14.1. The third-order valence-electron chi connectivity index (χ3n) is 4.53. The van der Waals surface area contributed by atoms with E-state index in [1.807, 2.05) is 13.0 Å². The SMILES string of the molecule is CC(N)Cc1c(F)cccc1N(C)C1CCC(C)CC1. The molecule has 2 rings (SSSR count). The van der Waals surface area contributed by atoms with Gasteiger partial charge in [-0.15, -0.1) is 0 Å². The molecular weight excluding hydrogens is 251 g/mol. The molecule has 0 heterocycles. The van der Waals surface area contributed by atoms with Crippen molar-refractivity contribution in [3.8, 4) is 0 Å². The minimum Gasteiger partial charge on any atom is -0.371 e. The maximum atomic E-state index is 14.1. The summed E-state index contributed by atoms with van der Waals surface area (Å²) in [7, 11) is 2.10. The van der Waals surface area contributed by atoms with Crippen molar-refractivity contribution < 1.29 is 4.39 Å². The van der Waals surface area contributed by atoms with Crippen LogP contribution in [0.3, 0.4) is 0 Å². The summed E-state index contributed by atoms with van der Waals surface area (Å²) >= 11 is 0. The topological polar surface area (TPSA) is 29.3 Å². The molecule has 20 heavy (non-hydrogen) atoms. The highest BCUT2D eigenvalue weighted by atomic mass is 19.1. The third kappa shape index (κ3) is 3.51. The van der Waals surface area contributed by atoms with Crippen LogP contribution >= 0.6 is 0 Å². The summed E-state index contributed by atoms with van der Waals surface area (Å²) in [6, 6.07) is 5.87. The van der Waals surface area contributed by atoms with Crippen LogP contribution in [0.5, 0.6) is 0 Å². The number of hydrogen-bond donors (Lipinski definition) is 1. The molecule has 0 radical (unpaired) electrons. The van der Waals surface area contributed by atoms with Gasteiger partial charge in [0.25, 0.3) is 0 Å². The molecule has 1 atom stereocenters. The molecule has 0 bridgehead atoms. The average molecular weight is 278 g/mol. The molecule has 1 aromatic carbocycles. The van der Waals surface area contributed by atoms with Crippen molar-refractivity contribution in [2.24, 2.45) is 11.7 Å². The third-order valence-corrected chi connectivity index (χ3v) is 4.53. The quantitative estimate of drug-likeness (QED) is 0.909. The van der Waals surface area contributed by atoms with Crippen LogP contribution in [-0.2, 0) is 6.42 Å². The molecule has 1 saturated carbocycles. The first kappa shape index (κ1) is 15.3. The van der Waals surface area contributed by atoms with E-state index in [0.29, 0.717) is 12.5 Å². The molecule has 0 saturated heterocycles. The van der Waals surface area contributed by atoms with Gasteiger partial charge in [-0.2, -0.15) is 0 Å². The molecule has 2 N–H and O–H groups in total. The van der Waals surface area contributed by atoms with Crippen LogP contribution in [0.2, 0.25) is 0 Å². The van der Waals surface area contributed by atoms with Gasteiger partial charge < -0.3 is 10.6 Å². The van der Waals surface area contributed by atoms with Crippen LogP contribution in [0, 0.1) is 11.7 Å². The number of rotatable bonds is 4. The zero-order valence-corrected chi connectivity index (χ0v) is 12.9. The maximum absolute atomic E-state index is 14.1. The molecule has 112 valence electrons. The molecule has 0 spiro atoms. The summed E-state index contributed by atoms with van der Waals surface area (Å²) in [5.74, 6) is 0.700. The van der Waals surface area contributed by atoms with E-state index in [2.05, 4.69) is 18.9 Å². The van der Waals surface area contributed by atoms with E-state index in [1.165, 1.54) is 31.7 Å². The molecule has 1 aliphatic carbocycles. The Hall–Kier alpha value is -1.09. The first-order chi connectivity index (χ1) is 9.49. The largest absolute Gasteiger partial charge is 0.371 e. The van der Waals surface area contributed by atoms with E-state index in [4.69, 9.17) is 5.73 Å². The van der Waals surface area contributed by atoms with Crippen molar-refractivity contribution >= 4 is 5.69 Å². The van der Waals surface area contributed by atoms with Crippen molar-refractivity contribution in [1.29, 1.82) is 0 Å². The molecule has 1 unspecified atom stereocenters. The van der Waals surface area contributed by atoms with Crippen molar-refractivity contribution in [3.05, 3.63) is 29.6 Å². The van der Waals surface area contributed by atoms with Gasteiger partial charge in [0.1, 0.15) is 5.82 Å². The predicted octanol–water partition coefficient (Wildman–Crippen LogP) is 3.73. The van der Waals surface area contributed by atoms with Crippen LogP contribution in [0.4, 0.5) is 10.1 Å². The van der Waals surface area contributed by atoms with Crippen molar-refractivity contribution in [2.45, 2.75) is 58.0 Å². The molecule has 1 fully saturated rings. The number of anilines is 1. The van der Waals surface area contributed by atoms with E-state index >= 15 is 0 Å². The number of benzene rings is 1. The Kier molecular flexibility index (Phi) is 5.03. The zero-order valence-electron chi connectivity index (χ0n) is 12.9. The Labute approximate surface area is 122 Å². The van der Waals surface area contributed by atoms with Gasteiger partial charge in [-0.3, -0.25) is 0 Å². The van der Waals surface area contributed by atoms with Gasteiger partial charge >= 0.3 is 0 Å². The smallest absolute Gasteiger partial charge is 0.128 e. The monoisotopic (exact) mass is 278 g/mol. The van der Waals surface area contributed by atoms with Crippen LogP contribution in [0.1, 0.15) is 45.1 Å². The number of halogens is 1. The van der Waals surface area contributed by atoms with Gasteiger partial charge in [0.05, 0.1) is 0 Å². The van der Waals surface area contributed by atoms with Gasteiger partial charge in [-0.05, 0) is 57.1 Å². The fourth-order valence-electron chi connectivity index (χ4n) is 3.23. The highest BCUT2D eigenvalue weighted by molar-refractivity contribution is 5.54. The van der Waals surface area contributed by atoms with Crippen LogP contribution in [0.15, 0.2) is 18.2 Å². The van der Waals surface area contributed by atoms with E-state index < -0.39 is 0 Å². The molecule has 0 aliphatic heterocycles. The first-order valence-electron chi connectivity index (χ1n) is 7.74. The Morgan fingerprint density at radius 2 is 1.95 bits per heavy atom. The van der Waals surface area contributed by atoms with Gasteiger partial charge in [0.15, 0.2) is 0 Å². The second kappa shape index (κ2) is 6.57. The molecule has 1 aromatic rings. The lowest BCUT2D eigenvalue weighted by Crippen LogP contribution is -2.36. The Balaban J connectivity index is 2.20. The number of nitrogens with two attached hydrogens (primary N) is 1. The Bertz CT molecular complexity index is 437. The second-order valence-corrected chi connectivity index (χ2v) is 6.44. The maximum Gasteiger partial charge on any atom is 0.128 e. The lowest BCUT2D eigenvalue weighted by atomic mass is 9.86. The summed E-state index contributed by atoms with van der Waals surface area (Å²) in [4.78, 5) is 2.27. The molecule has 3 heteroatoms. The second-order valence-electron chi connectivity index (χ2n) is 6.44. The van der Waals surface area contributed by atoms with Gasteiger partial charge in [-0.1, -0.05) is 13.0 Å². The minimum atomic E-state index is -0.129. The van der Waals surface area contributed by atoms with Gasteiger partial charge in [0.2, 0.25) is 0 Å². The van der Waals surface area contributed by atoms with E-state index in [0.717, 1.165) is 17.2 Å². The zero-order chi connectivity index (χ0) is 14.7. The van der Waals surface area contributed by atoms with E-state index in [1.54, 1.807) is 6.07 Å². The summed E-state index contributed by atoms with van der Waals surface area (Å²) in [6.45, 7) is 4.25. The lowest BCUT2D eigenvalue weighted by molar-refractivity contribution is 0.340. The van der Waals surface area contributed by atoms with Crippen molar-refractivity contribution in [2.75, 3.05) is 11.9 Å². The fraction of sp³-hybridized carbons (Fsp3) is 0.647.